The van der Waals surface area contributed by atoms with Crippen LogP contribution < -0.4 is 26.2 Å². The number of aromatic nitrogens is 3. The van der Waals surface area contributed by atoms with Crippen molar-refractivity contribution in [2.45, 2.75) is 81.5 Å². The molecular formula is C47H61FN8O12S. The lowest BCUT2D eigenvalue weighted by Crippen LogP contribution is -2.47. The fraction of sp³-hybridized carbons (Fsp3) is 0.468. The Bertz CT molecular complexity index is 2440. The number of carbonyl (C=O) groups excluding carboxylic acids is 5. The van der Waals surface area contributed by atoms with Crippen molar-refractivity contribution >= 4 is 45.6 Å². The van der Waals surface area contributed by atoms with Crippen LogP contribution in [0.15, 0.2) is 77.7 Å². The van der Waals surface area contributed by atoms with Gasteiger partial charge in [-0.05, 0) is 74.4 Å². The van der Waals surface area contributed by atoms with E-state index >= 15 is 0 Å². The minimum Gasteiger partial charge on any atom is -0.447 e. The van der Waals surface area contributed by atoms with Crippen molar-refractivity contribution in [3.8, 4) is 22.5 Å². The summed E-state index contributed by atoms with van der Waals surface area (Å²) in [5, 5.41) is 19.6. The average molecular weight is 981 g/mol. The molecule has 1 aliphatic heterocycles. The van der Waals surface area contributed by atoms with Crippen LogP contribution in [0.3, 0.4) is 0 Å². The number of ether oxygens (including phenoxy) is 5. The van der Waals surface area contributed by atoms with Crippen molar-refractivity contribution in [3.05, 3.63) is 84.2 Å². The monoisotopic (exact) mass is 980 g/mol. The van der Waals surface area contributed by atoms with Gasteiger partial charge in [0, 0.05) is 58.4 Å². The van der Waals surface area contributed by atoms with E-state index in [2.05, 4.69) is 31.6 Å². The zero-order valence-electron chi connectivity index (χ0n) is 39.1. The Morgan fingerprint density at radius 3 is 2.16 bits per heavy atom. The molecule has 374 valence electrons. The van der Waals surface area contributed by atoms with Crippen LogP contribution in [0.5, 0.6) is 0 Å². The first kappa shape index (κ1) is 53.3. The maximum absolute atomic E-state index is 14.3. The average Bonchev–Trinajstić information content (AvgIpc) is 3.75. The number of methoxy groups -OCH3 is 2. The number of alkyl carbamates (subject to hydrolysis) is 3. The molecule has 0 aliphatic carbocycles. The van der Waals surface area contributed by atoms with Crippen LogP contribution in [0.25, 0.3) is 22.5 Å². The standard InChI is InChI=1S/C47H61FN8O12S/c1-49-45(59)68-35(32-69(62,63)36-21-19-34(48)20-22-36)14-5-4-12-26-56-43-38-16-8-9-18-40(38)55(31-33-13-6-7-15-37(33)42(43)53-54-56)41(57)23-25-50-44(58)39(52-47(61)67-30-28-65-3)17-10-11-24-51-46(60)66-29-27-64-2/h6-9,13,15-16,18-22,35,39H,4-5,10-12,14,17,23-32H2,1-3H3,(H,49,59)(H,50,58)(H,51,60)(H,52,61). The number of fused-ring (bicyclic) bond motifs is 5. The number of aryl methyl sites for hydroxylation is 1. The number of hydrogen-bond acceptors (Lipinski definition) is 14. The van der Waals surface area contributed by atoms with Crippen molar-refractivity contribution in [3.63, 3.8) is 0 Å². The van der Waals surface area contributed by atoms with Crippen LogP contribution in [0, 0.1) is 5.82 Å². The molecule has 0 spiro atoms. The van der Waals surface area contributed by atoms with Gasteiger partial charge in [0.1, 0.15) is 36.9 Å². The summed E-state index contributed by atoms with van der Waals surface area (Å²) in [6.45, 7) is 1.38. The second-order valence-electron chi connectivity index (χ2n) is 15.9. The number of amides is 5. The molecule has 5 rings (SSSR count). The lowest BCUT2D eigenvalue weighted by molar-refractivity contribution is -0.123. The Morgan fingerprint density at radius 1 is 0.754 bits per heavy atom. The highest BCUT2D eigenvalue weighted by atomic mass is 32.2. The number of sulfone groups is 1. The molecule has 2 heterocycles. The summed E-state index contributed by atoms with van der Waals surface area (Å²) in [5.74, 6) is -1.83. The molecule has 2 atom stereocenters. The summed E-state index contributed by atoms with van der Waals surface area (Å²) in [6.07, 6.45) is -0.0684. The molecule has 0 fully saturated rings. The molecule has 3 aromatic carbocycles. The van der Waals surface area contributed by atoms with Gasteiger partial charge in [0.25, 0.3) is 0 Å². The van der Waals surface area contributed by atoms with Gasteiger partial charge in [-0.3, -0.25) is 9.59 Å². The zero-order chi connectivity index (χ0) is 49.6. The van der Waals surface area contributed by atoms with Crippen LogP contribution in [0.2, 0.25) is 0 Å². The lowest BCUT2D eigenvalue weighted by atomic mass is 9.95. The Morgan fingerprint density at radius 2 is 1.43 bits per heavy atom. The third-order valence-electron chi connectivity index (χ3n) is 11.0. The van der Waals surface area contributed by atoms with Gasteiger partial charge in [-0.2, -0.15) is 0 Å². The summed E-state index contributed by atoms with van der Waals surface area (Å²) in [4.78, 5) is 66.0. The van der Waals surface area contributed by atoms with Gasteiger partial charge in [0.05, 0.1) is 41.8 Å². The quantitative estimate of drug-likeness (QED) is 0.0361. The number of benzene rings is 3. The molecule has 2 unspecified atom stereocenters. The molecule has 20 nitrogen and oxygen atoms in total. The van der Waals surface area contributed by atoms with Crippen molar-refractivity contribution in [1.29, 1.82) is 0 Å². The van der Waals surface area contributed by atoms with Crippen molar-refractivity contribution < 1.29 is 60.5 Å². The summed E-state index contributed by atoms with van der Waals surface area (Å²) in [5.41, 5.74) is 4.27. The SMILES string of the molecule is CNC(=O)OC(CCCCCn1nnc2c1-c1ccccc1N(C(=O)CCNC(=O)C(CCCCNC(=O)OCCOC)NC(=O)OCCOC)Cc1ccccc1-2)CS(=O)(=O)c1ccc(F)cc1. The molecule has 22 heteroatoms. The molecule has 1 aliphatic rings. The molecule has 5 amide bonds. The van der Waals surface area contributed by atoms with Gasteiger partial charge in [-0.15, -0.1) is 5.10 Å². The molecule has 1 aromatic heterocycles. The third-order valence-corrected chi connectivity index (χ3v) is 12.8. The first-order chi connectivity index (χ1) is 33.3. The van der Waals surface area contributed by atoms with E-state index in [1.54, 1.807) is 9.58 Å². The minimum absolute atomic E-state index is 0.0192. The highest BCUT2D eigenvalue weighted by molar-refractivity contribution is 7.91. The summed E-state index contributed by atoms with van der Waals surface area (Å²) in [6, 6.07) is 18.5. The largest absolute Gasteiger partial charge is 0.447 e. The Hall–Kier alpha value is -6.65. The number of carbonyl (C=O) groups is 5. The minimum atomic E-state index is -3.90. The van der Waals surface area contributed by atoms with E-state index in [0.29, 0.717) is 61.3 Å². The van der Waals surface area contributed by atoms with Crippen molar-refractivity contribution in [1.82, 2.24) is 36.3 Å². The second-order valence-corrected chi connectivity index (χ2v) is 18.0. The van der Waals surface area contributed by atoms with Crippen LogP contribution in [0.4, 0.5) is 24.5 Å². The normalized spacial score (nSPS) is 12.7. The summed E-state index contributed by atoms with van der Waals surface area (Å²) in [7, 11) is 0.447. The van der Waals surface area contributed by atoms with E-state index in [4.69, 9.17) is 23.7 Å². The number of nitrogens with zero attached hydrogens (tertiary/aromatic N) is 4. The van der Waals surface area contributed by atoms with E-state index in [1.165, 1.54) is 33.4 Å². The zero-order valence-corrected chi connectivity index (χ0v) is 39.9. The second kappa shape index (κ2) is 27.4. The molecule has 0 bridgehead atoms. The molecule has 0 saturated heterocycles. The van der Waals surface area contributed by atoms with E-state index in [0.717, 1.165) is 23.3 Å². The smallest absolute Gasteiger partial charge is 0.407 e. The van der Waals surface area contributed by atoms with Gasteiger partial charge in [-0.1, -0.05) is 54.1 Å². The number of anilines is 1. The number of nitrogens with one attached hydrogen (secondary N) is 4. The number of para-hydroxylation sites is 1. The number of hydrogen-bond donors (Lipinski definition) is 4. The van der Waals surface area contributed by atoms with Gasteiger partial charge in [0.2, 0.25) is 11.8 Å². The first-order valence-corrected chi connectivity index (χ1v) is 24.4. The fourth-order valence-corrected chi connectivity index (χ4v) is 9.00. The Labute approximate surface area is 400 Å². The fourth-order valence-electron chi connectivity index (χ4n) is 7.53. The van der Waals surface area contributed by atoms with E-state index in [1.807, 2.05) is 48.5 Å². The highest BCUT2D eigenvalue weighted by Crippen LogP contribution is 2.41. The summed E-state index contributed by atoms with van der Waals surface area (Å²) < 4.78 is 66.9. The first-order valence-electron chi connectivity index (χ1n) is 22.7. The number of rotatable bonds is 26. The van der Waals surface area contributed by atoms with E-state index < -0.39 is 57.7 Å². The maximum Gasteiger partial charge on any atom is 0.407 e. The van der Waals surface area contributed by atoms with E-state index in [9.17, 15) is 36.8 Å². The molecule has 0 saturated carbocycles. The van der Waals surface area contributed by atoms with Crippen LogP contribution in [0.1, 0.15) is 56.9 Å². The van der Waals surface area contributed by atoms with Gasteiger partial charge >= 0.3 is 18.3 Å². The number of unbranched alkanes of at least 4 members (excludes halogenated alkanes) is 3. The molecule has 0 radical (unpaired) electrons. The van der Waals surface area contributed by atoms with Crippen molar-refractivity contribution in [2.24, 2.45) is 0 Å². The highest BCUT2D eigenvalue weighted by Gasteiger charge is 2.30. The molecular weight excluding hydrogens is 920 g/mol. The maximum atomic E-state index is 14.3. The van der Waals surface area contributed by atoms with Crippen LogP contribution in [-0.2, 0) is 56.2 Å². The van der Waals surface area contributed by atoms with Gasteiger partial charge < -0.3 is 49.9 Å². The molecule has 4 N–H and O–H groups in total. The van der Waals surface area contributed by atoms with E-state index in [-0.39, 0.29) is 76.1 Å². The summed E-state index contributed by atoms with van der Waals surface area (Å²) >= 11 is 0. The van der Waals surface area contributed by atoms with Crippen LogP contribution in [-0.4, -0.2) is 132 Å². The Kier molecular flexibility index (Phi) is 21.1. The lowest BCUT2D eigenvalue weighted by Gasteiger charge is -2.29. The third kappa shape index (κ3) is 16.2. The van der Waals surface area contributed by atoms with Gasteiger partial charge in [-0.25, -0.2) is 31.9 Å². The topological polar surface area (TPSA) is 248 Å². The van der Waals surface area contributed by atoms with Crippen molar-refractivity contribution in [2.75, 3.05) is 71.4 Å². The molecule has 69 heavy (non-hydrogen) atoms. The molecule has 4 aromatic rings. The predicted molar refractivity (Wildman–Crippen MR) is 251 cm³/mol. The van der Waals surface area contributed by atoms with Crippen LogP contribution >= 0.6 is 0 Å². The Balaban J connectivity index is 1.24. The predicted octanol–water partition coefficient (Wildman–Crippen LogP) is 5.15. The van der Waals surface area contributed by atoms with Gasteiger partial charge in [0.15, 0.2) is 9.84 Å². The number of halogens is 1.